The smallest absolute Gasteiger partial charge is 0.249 e. The second-order valence-corrected chi connectivity index (χ2v) is 12.4. The zero-order chi connectivity index (χ0) is 28.0. The van der Waals surface area contributed by atoms with E-state index in [-0.39, 0.29) is 24.0 Å². The number of hydrogen-bond acceptors (Lipinski definition) is 8. The molecule has 3 atom stereocenters. The summed E-state index contributed by atoms with van der Waals surface area (Å²) in [4.78, 5) is 20.2. The van der Waals surface area contributed by atoms with Gasteiger partial charge in [-0.15, -0.1) is 5.10 Å². The molecule has 3 aromatic heterocycles. The van der Waals surface area contributed by atoms with E-state index >= 15 is 0 Å². The Bertz CT molecular complexity index is 1350. The highest BCUT2D eigenvalue weighted by atomic mass is 16.5. The van der Waals surface area contributed by atoms with Crippen LogP contribution in [0.4, 0.5) is 5.95 Å². The van der Waals surface area contributed by atoms with E-state index in [1.54, 1.807) is 11.8 Å². The Morgan fingerprint density at radius 3 is 2.62 bits per heavy atom. The van der Waals surface area contributed by atoms with Crippen LogP contribution in [0.25, 0.3) is 16.6 Å². The minimum atomic E-state index is -0.819. The van der Waals surface area contributed by atoms with Crippen molar-refractivity contribution >= 4 is 17.4 Å². The fourth-order valence-corrected chi connectivity index (χ4v) is 6.59. The van der Waals surface area contributed by atoms with Gasteiger partial charge in [-0.3, -0.25) is 9.48 Å². The molecule has 11 nitrogen and oxygen atoms in total. The molecule has 0 aromatic carbocycles. The van der Waals surface area contributed by atoms with Gasteiger partial charge >= 0.3 is 0 Å². The lowest BCUT2D eigenvalue weighted by atomic mass is 9.85. The summed E-state index contributed by atoms with van der Waals surface area (Å²) in [6.45, 7) is 9.45. The molecule has 3 aromatic rings. The second-order valence-electron chi connectivity index (χ2n) is 12.4. The van der Waals surface area contributed by atoms with Crippen LogP contribution in [0.2, 0.25) is 0 Å². The molecule has 0 unspecified atom stereocenters. The molecule has 2 aliphatic heterocycles. The lowest BCUT2D eigenvalue weighted by Gasteiger charge is -2.30. The number of aromatic nitrogens is 5. The van der Waals surface area contributed by atoms with Gasteiger partial charge in [-0.2, -0.15) is 5.10 Å². The van der Waals surface area contributed by atoms with E-state index in [2.05, 4.69) is 21.5 Å². The molecule has 1 saturated carbocycles. The zero-order valence-corrected chi connectivity index (χ0v) is 23.9. The van der Waals surface area contributed by atoms with Gasteiger partial charge in [0.05, 0.1) is 43.8 Å². The van der Waals surface area contributed by atoms with Crippen molar-refractivity contribution in [2.45, 2.75) is 70.1 Å². The van der Waals surface area contributed by atoms with Crippen LogP contribution in [0.1, 0.15) is 58.1 Å². The minimum absolute atomic E-state index is 0.0615. The van der Waals surface area contributed by atoms with Gasteiger partial charge in [0.1, 0.15) is 5.54 Å². The van der Waals surface area contributed by atoms with Crippen LogP contribution in [0, 0.1) is 11.8 Å². The first kappa shape index (κ1) is 27.2. The molecule has 216 valence electrons. The van der Waals surface area contributed by atoms with E-state index < -0.39 is 5.54 Å². The standard InChI is InChI=1S/C29H41N7O4/c1-18(15-39-4)32-28-30-11-26-24(9-25(36(26)33-28)19-5-7-23(37)8-6-19)20-10-31-35(14-20)29(2,3)27(38)34-12-21-16-40-17-22(21)13-34/h9-11,14,18-19,21-23,37H,5-8,12-13,15-17H2,1-4H3,(H,32,33)/t18-,19-,21-,22+,23-/m0/s1. The lowest BCUT2D eigenvalue weighted by molar-refractivity contribution is -0.139. The largest absolute Gasteiger partial charge is 0.393 e. The van der Waals surface area contributed by atoms with Crippen LogP contribution in [0.5, 0.6) is 0 Å². The van der Waals surface area contributed by atoms with Crippen molar-refractivity contribution in [2.75, 3.05) is 45.3 Å². The number of ether oxygens (including phenoxy) is 2. The maximum Gasteiger partial charge on any atom is 0.249 e. The number of rotatable bonds is 8. The molecule has 40 heavy (non-hydrogen) atoms. The predicted molar refractivity (Wildman–Crippen MR) is 150 cm³/mol. The first-order chi connectivity index (χ1) is 19.2. The number of hydrogen-bond donors (Lipinski definition) is 2. The van der Waals surface area contributed by atoms with Crippen LogP contribution >= 0.6 is 0 Å². The molecule has 0 bridgehead atoms. The Balaban J connectivity index is 1.31. The predicted octanol–water partition coefficient (Wildman–Crippen LogP) is 2.90. The third-order valence-corrected chi connectivity index (χ3v) is 8.97. The van der Waals surface area contributed by atoms with E-state index in [1.807, 2.05) is 48.8 Å². The highest BCUT2D eigenvalue weighted by Crippen LogP contribution is 2.38. The van der Waals surface area contributed by atoms with E-state index in [4.69, 9.17) is 14.6 Å². The Labute approximate surface area is 234 Å². The summed E-state index contributed by atoms with van der Waals surface area (Å²) in [6.07, 6.45) is 8.80. The minimum Gasteiger partial charge on any atom is -0.393 e. The van der Waals surface area contributed by atoms with E-state index in [0.717, 1.165) is 74.3 Å². The average Bonchev–Trinajstić information content (AvgIpc) is 3.71. The van der Waals surface area contributed by atoms with E-state index in [9.17, 15) is 9.90 Å². The number of methoxy groups -OCH3 is 1. The van der Waals surface area contributed by atoms with Gasteiger partial charge in [-0.1, -0.05) is 0 Å². The molecule has 1 aliphatic carbocycles. The maximum atomic E-state index is 13.6. The third-order valence-electron chi connectivity index (χ3n) is 8.97. The Kier molecular flexibility index (Phi) is 7.30. The van der Waals surface area contributed by atoms with Crippen LogP contribution in [0.3, 0.4) is 0 Å². The van der Waals surface area contributed by atoms with E-state index in [0.29, 0.717) is 24.4 Å². The van der Waals surface area contributed by atoms with Crippen molar-refractivity contribution in [1.29, 1.82) is 0 Å². The van der Waals surface area contributed by atoms with Crippen LogP contribution < -0.4 is 5.32 Å². The Morgan fingerprint density at radius 2 is 1.93 bits per heavy atom. The van der Waals surface area contributed by atoms with Crippen molar-refractivity contribution in [3.8, 4) is 11.1 Å². The van der Waals surface area contributed by atoms with E-state index in [1.165, 1.54) is 0 Å². The van der Waals surface area contributed by atoms with Gasteiger partial charge in [0.25, 0.3) is 0 Å². The molecule has 2 saturated heterocycles. The molecule has 0 spiro atoms. The molecule has 3 aliphatic rings. The van der Waals surface area contributed by atoms with Crippen LogP contribution in [-0.2, 0) is 19.8 Å². The topological polar surface area (TPSA) is 119 Å². The number of fused-ring (bicyclic) bond motifs is 2. The first-order valence-corrected chi connectivity index (χ1v) is 14.5. The number of carbonyl (C=O) groups is 1. The fourth-order valence-electron chi connectivity index (χ4n) is 6.59. The monoisotopic (exact) mass is 551 g/mol. The highest BCUT2D eigenvalue weighted by molar-refractivity contribution is 5.85. The van der Waals surface area contributed by atoms with Crippen LogP contribution in [-0.4, -0.2) is 92.5 Å². The number of likely N-dealkylation sites (tertiary alicyclic amines) is 1. The molecule has 5 heterocycles. The summed E-state index contributed by atoms with van der Waals surface area (Å²) < 4.78 is 14.6. The molecule has 6 rings (SSSR count). The number of nitrogens with zero attached hydrogens (tertiary/aromatic N) is 6. The number of amides is 1. The number of carbonyl (C=O) groups excluding carboxylic acids is 1. The van der Waals surface area contributed by atoms with Gasteiger partial charge in [0.15, 0.2) is 0 Å². The molecule has 1 amide bonds. The van der Waals surface area contributed by atoms with Crippen molar-refractivity contribution in [1.82, 2.24) is 29.3 Å². The van der Waals surface area contributed by atoms with Crippen molar-refractivity contribution in [2.24, 2.45) is 11.8 Å². The summed E-state index contributed by atoms with van der Waals surface area (Å²) in [5.74, 6) is 1.80. The van der Waals surface area contributed by atoms with Gasteiger partial charge in [-0.05, 0) is 52.5 Å². The fraction of sp³-hybridized carbons (Fsp3) is 0.655. The summed E-state index contributed by atoms with van der Waals surface area (Å²) in [7, 11) is 1.68. The normalized spacial score (nSPS) is 25.9. The Morgan fingerprint density at radius 1 is 1.20 bits per heavy atom. The second kappa shape index (κ2) is 10.8. The summed E-state index contributed by atoms with van der Waals surface area (Å²) in [5.41, 5.74) is 3.09. The number of nitrogens with one attached hydrogen (secondary N) is 1. The van der Waals surface area contributed by atoms with Crippen molar-refractivity contribution in [3.63, 3.8) is 0 Å². The summed E-state index contributed by atoms with van der Waals surface area (Å²) in [6, 6.07) is 2.25. The van der Waals surface area contributed by atoms with Crippen molar-refractivity contribution in [3.05, 3.63) is 30.4 Å². The number of aliphatic hydroxyl groups excluding tert-OH is 1. The molecule has 0 radical (unpaired) electrons. The van der Waals surface area contributed by atoms with Gasteiger partial charge in [-0.25, -0.2) is 9.50 Å². The number of anilines is 1. The molecular weight excluding hydrogens is 510 g/mol. The zero-order valence-electron chi connectivity index (χ0n) is 23.9. The SMILES string of the molecule is COC[C@H](C)Nc1ncc2c(-c3cnn(C(C)(C)C(=O)N4C[C@H]5COC[C@H]5C4)c3)cc([C@H]3CC[C@H](O)CC3)n2n1. The summed E-state index contributed by atoms with van der Waals surface area (Å²) >= 11 is 0. The molecular formula is C29H41N7O4. The molecule has 2 N–H and O–H groups in total. The first-order valence-electron chi connectivity index (χ1n) is 14.5. The van der Waals surface area contributed by atoms with Crippen molar-refractivity contribution < 1.29 is 19.4 Å². The quantitative estimate of drug-likeness (QED) is 0.439. The highest BCUT2D eigenvalue weighted by Gasteiger charge is 2.44. The molecule has 3 fully saturated rings. The van der Waals surface area contributed by atoms with Crippen LogP contribution in [0.15, 0.2) is 24.7 Å². The summed E-state index contributed by atoms with van der Waals surface area (Å²) in [5, 5.41) is 23.0. The van der Waals surface area contributed by atoms with Gasteiger partial charge in [0, 0.05) is 67.0 Å². The van der Waals surface area contributed by atoms with Gasteiger partial charge < -0.3 is 24.8 Å². The lowest BCUT2D eigenvalue weighted by Crippen LogP contribution is -2.46. The average molecular weight is 552 g/mol. The molecule has 11 heteroatoms. The number of aliphatic hydroxyl groups is 1. The Hall–Kier alpha value is -3.02. The third kappa shape index (κ3) is 4.99. The maximum absolute atomic E-state index is 13.6. The van der Waals surface area contributed by atoms with Gasteiger partial charge in [0.2, 0.25) is 11.9 Å².